The molecular formula is C24H24F5N5O3. The lowest BCUT2D eigenvalue weighted by Gasteiger charge is -2.30. The Balaban J connectivity index is 1.80. The summed E-state index contributed by atoms with van der Waals surface area (Å²) in [4.78, 5) is 33.6. The van der Waals surface area contributed by atoms with Crippen LogP contribution in [-0.4, -0.2) is 50.7 Å². The fourth-order valence-electron chi connectivity index (χ4n) is 3.81. The number of rotatable bonds is 4. The van der Waals surface area contributed by atoms with Crippen molar-refractivity contribution in [2.24, 2.45) is 0 Å². The van der Waals surface area contributed by atoms with Gasteiger partial charge in [0.1, 0.15) is 29.7 Å². The largest absolute Gasteiger partial charge is 0.444 e. The van der Waals surface area contributed by atoms with Crippen molar-refractivity contribution < 1.29 is 36.3 Å². The Morgan fingerprint density at radius 1 is 1.22 bits per heavy atom. The number of ether oxygens (including phenoxy) is 1. The second-order valence-electron chi connectivity index (χ2n) is 9.50. The lowest BCUT2D eigenvalue weighted by atomic mass is 10.1. The first-order valence-electron chi connectivity index (χ1n) is 11.2. The van der Waals surface area contributed by atoms with Crippen molar-refractivity contribution in [1.29, 1.82) is 5.26 Å². The summed E-state index contributed by atoms with van der Waals surface area (Å²) in [7, 11) is 0. The van der Waals surface area contributed by atoms with Gasteiger partial charge in [-0.2, -0.15) is 18.4 Å². The van der Waals surface area contributed by atoms with E-state index in [4.69, 9.17) is 10.00 Å². The minimum Gasteiger partial charge on any atom is -0.444 e. The summed E-state index contributed by atoms with van der Waals surface area (Å²) in [5.41, 5.74) is -3.01. The van der Waals surface area contributed by atoms with Gasteiger partial charge in [0, 0.05) is 30.3 Å². The number of nitriles is 1. The summed E-state index contributed by atoms with van der Waals surface area (Å²) in [5, 5.41) is 11.5. The smallest absolute Gasteiger partial charge is 0.434 e. The average Bonchev–Trinajstić information content (AvgIpc) is 3.10. The Labute approximate surface area is 209 Å². The van der Waals surface area contributed by atoms with Crippen molar-refractivity contribution in [2.45, 2.75) is 70.7 Å². The number of hydrogen-bond donors (Lipinski definition) is 1. The van der Waals surface area contributed by atoms with E-state index in [-0.39, 0.29) is 29.8 Å². The van der Waals surface area contributed by atoms with Crippen LogP contribution in [0.15, 0.2) is 24.5 Å². The summed E-state index contributed by atoms with van der Waals surface area (Å²) in [5.74, 6) is -1.56. The molecule has 198 valence electrons. The predicted molar refractivity (Wildman–Crippen MR) is 120 cm³/mol. The number of nitrogens with zero attached hydrogens (tertiary/aromatic N) is 4. The molecule has 0 saturated carbocycles. The van der Waals surface area contributed by atoms with Crippen LogP contribution in [0, 0.1) is 17.1 Å². The molecule has 0 bridgehead atoms. The lowest BCUT2D eigenvalue weighted by molar-refractivity contribution is -0.141. The molecule has 0 aliphatic carbocycles. The van der Waals surface area contributed by atoms with E-state index in [0.29, 0.717) is 0 Å². The third kappa shape index (κ3) is 6.31. The van der Waals surface area contributed by atoms with E-state index in [1.165, 1.54) is 19.1 Å². The van der Waals surface area contributed by atoms with Gasteiger partial charge in [-0.3, -0.25) is 14.7 Å². The van der Waals surface area contributed by atoms with Crippen LogP contribution in [0.4, 0.5) is 26.7 Å². The van der Waals surface area contributed by atoms with Crippen LogP contribution >= 0.6 is 0 Å². The highest BCUT2D eigenvalue weighted by Gasteiger charge is 2.46. The van der Waals surface area contributed by atoms with Gasteiger partial charge in [0.25, 0.3) is 0 Å². The fourth-order valence-corrected chi connectivity index (χ4v) is 3.81. The van der Waals surface area contributed by atoms with E-state index in [9.17, 15) is 31.5 Å². The standard InChI is InChI=1S/C24H24F5N5O3/c1-12-16(25)7-19(34(12)22(36)37-23(2,3)4)21(35)33-9-14-6-18(31-11-17(14)26)15-5-13(8-30)20(32-10-15)24(27,28)29/h5-6,10-12,16,19H,7,9H2,1-4H3,(H,33,35). The Morgan fingerprint density at radius 3 is 2.49 bits per heavy atom. The topological polar surface area (TPSA) is 108 Å². The Hall–Kier alpha value is -3.82. The van der Waals surface area contributed by atoms with Gasteiger partial charge in [0.2, 0.25) is 5.91 Å². The monoisotopic (exact) mass is 525 g/mol. The molecule has 13 heteroatoms. The highest BCUT2D eigenvalue weighted by molar-refractivity contribution is 5.86. The van der Waals surface area contributed by atoms with E-state index < -0.39 is 59.1 Å². The van der Waals surface area contributed by atoms with Crippen molar-refractivity contribution in [2.75, 3.05) is 0 Å². The van der Waals surface area contributed by atoms with Gasteiger partial charge < -0.3 is 10.1 Å². The molecular weight excluding hydrogens is 501 g/mol. The Bertz CT molecular complexity index is 1240. The number of aromatic nitrogens is 2. The second-order valence-corrected chi connectivity index (χ2v) is 9.50. The molecule has 0 aromatic carbocycles. The fraction of sp³-hybridized carbons (Fsp3) is 0.458. The zero-order valence-corrected chi connectivity index (χ0v) is 20.4. The maximum absolute atomic E-state index is 14.4. The minimum atomic E-state index is -4.83. The first-order valence-corrected chi connectivity index (χ1v) is 11.2. The van der Waals surface area contributed by atoms with Crippen LogP contribution < -0.4 is 5.32 Å². The second kappa shape index (κ2) is 10.3. The highest BCUT2D eigenvalue weighted by Crippen LogP contribution is 2.32. The van der Waals surface area contributed by atoms with Gasteiger partial charge >= 0.3 is 12.3 Å². The third-order valence-electron chi connectivity index (χ3n) is 5.61. The molecule has 1 saturated heterocycles. The quantitative estimate of drug-likeness (QED) is 0.588. The Morgan fingerprint density at radius 2 is 1.89 bits per heavy atom. The molecule has 3 atom stereocenters. The molecule has 1 fully saturated rings. The lowest BCUT2D eigenvalue weighted by Crippen LogP contribution is -2.50. The van der Waals surface area contributed by atoms with Crippen molar-refractivity contribution >= 4 is 12.0 Å². The van der Waals surface area contributed by atoms with Gasteiger partial charge in [-0.25, -0.2) is 18.6 Å². The van der Waals surface area contributed by atoms with E-state index >= 15 is 0 Å². The number of pyridine rings is 2. The normalized spacial score (nSPS) is 19.9. The number of halogens is 5. The van der Waals surface area contributed by atoms with Gasteiger partial charge in [0.15, 0.2) is 5.69 Å². The summed E-state index contributed by atoms with van der Waals surface area (Å²) >= 11 is 0. The molecule has 0 radical (unpaired) electrons. The molecule has 8 nitrogen and oxygen atoms in total. The van der Waals surface area contributed by atoms with Crippen LogP contribution in [0.1, 0.15) is 50.9 Å². The van der Waals surface area contributed by atoms with Crippen LogP contribution in [0.25, 0.3) is 11.3 Å². The van der Waals surface area contributed by atoms with Crippen LogP contribution in [-0.2, 0) is 22.3 Å². The molecule has 1 aliphatic heterocycles. The molecule has 3 unspecified atom stereocenters. The summed E-state index contributed by atoms with van der Waals surface area (Å²) in [6.07, 6.45) is -5.78. The number of carbonyl (C=O) groups is 2. The zero-order valence-electron chi connectivity index (χ0n) is 20.4. The molecule has 2 amide bonds. The molecule has 37 heavy (non-hydrogen) atoms. The number of alkyl halides is 4. The van der Waals surface area contributed by atoms with Crippen LogP contribution in [0.3, 0.4) is 0 Å². The SMILES string of the molecule is CC1C(F)CC(C(=O)NCc2cc(-c3cnc(C(F)(F)F)c(C#N)c3)ncc2F)N1C(=O)OC(C)(C)C. The molecule has 3 heterocycles. The van der Waals surface area contributed by atoms with E-state index in [1.807, 2.05) is 0 Å². The molecule has 3 rings (SSSR count). The zero-order chi connectivity index (χ0) is 27.7. The van der Waals surface area contributed by atoms with Crippen LogP contribution in [0.2, 0.25) is 0 Å². The maximum Gasteiger partial charge on any atom is 0.434 e. The number of nitrogens with one attached hydrogen (secondary N) is 1. The summed E-state index contributed by atoms with van der Waals surface area (Å²) < 4.78 is 73.2. The van der Waals surface area contributed by atoms with Crippen molar-refractivity contribution in [3.05, 3.63) is 47.2 Å². The number of hydrogen-bond acceptors (Lipinski definition) is 6. The molecule has 2 aromatic heterocycles. The maximum atomic E-state index is 14.4. The third-order valence-corrected chi connectivity index (χ3v) is 5.61. The van der Waals surface area contributed by atoms with Crippen LogP contribution in [0.5, 0.6) is 0 Å². The molecule has 2 aromatic rings. The van der Waals surface area contributed by atoms with Crippen molar-refractivity contribution in [1.82, 2.24) is 20.2 Å². The first-order chi connectivity index (χ1) is 17.1. The molecule has 1 N–H and O–H groups in total. The molecule has 1 aliphatic rings. The van der Waals surface area contributed by atoms with E-state index in [1.54, 1.807) is 20.8 Å². The summed E-state index contributed by atoms with van der Waals surface area (Å²) in [6.45, 7) is 5.95. The average molecular weight is 525 g/mol. The Kier molecular flexibility index (Phi) is 7.71. The molecule has 0 spiro atoms. The predicted octanol–water partition coefficient (Wildman–Crippen LogP) is 4.53. The minimum absolute atomic E-state index is 0.0112. The number of likely N-dealkylation sites (tertiary alicyclic amines) is 1. The first kappa shape index (κ1) is 27.8. The van der Waals surface area contributed by atoms with Gasteiger partial charge in [-0.1, -0.05) is 0 Å². The van der Waals surface area contributed by atoms with Gasteiger partial charge in [-0.15, -0.1) is 0 Å². The summed E-state index contributed by atoms with van der Waals surface area (Å²) in [6, 6.07) is 1.43. The number of carbonyl (C=O) groups excluding carboxylic acids is 2. The van der Waals surface area contributed by atoms with Crippen molar-refractivity contribution in [3.63, 3.8) is 0 Å². The van der Waals surface area contributed by atoms with E-state index in [2.05, 4.69) is 15.3 Å². The van der Waals surface area contributed by atoms with E-state index in [0.717, 1.165) is 23.4 Å². The van der Waals surface area contributed by atoms with Gasteiger partial charge in [-0.05, 0) is 39.8 Å². The number of amides is 2. The van der Waals surface area contributed by atoms with Crippen molar-refractivity contribution in [3.8, 4) is 17.3 Å². The highest BCUT2D eigenvalue weighted by atomic mass is 19.4. The van der Waals surface area contributed by atoms with Gasteiger partial charge in [0.05, 0.1) is 23.5 Å².